The largest absolute Gasteiger partial charge is 0.497 e. The summed E-state index contributed by atoms with van der Waals surface area (Å²) < 4.78 is 34.6. The normalized spacial score (nSPS) is 12.4. The first-order valence-corrected chi connectivity index (χ1v) is 15.5. The molecule has 0 fully saturated rings. The second kappa shape index (κ2) is 13.4. The number of anilines is 1. The molecule has 0 aliphatic heterocycles. The van der Waals surface area contributed by atoms with E-state index in [4.69, 9.17) is 4.74 Å². The van der Waals surface area contributed by atoms with Crippen molar-refractivity contribution in [1.29, 1.82) is 0 Å². The predicted octanol–water partition coefficient (Wildman–Crippen LogP) is 5.54. The fourth-order valence-electron chi connectivity index (χ4n) is 4.74. The van der Waals surface area contributed by atoms with Crippen molar-refractivity contribution in [1.82, 2.24) is 10.2 Å². The van der Waals surface area contributed by atoms with Crippen molar-refractivity contribution in [2.75, 3.05) is 18.0 Å². The molecule has 3 rings (SSSR count). The molecule has 1 N–H and O–H groups in total. The van der Waals surface area contributed by atoms with Gasteiger partial charge in [0.25, 0.3) is 10.0 Å². The Balaban J connectivity index is 2.10. The molecule has 226 valence electrons. The zero-order valence-electron chi connectivity index (χ0n) is 25.9. The van der Waals surface area contributed by atoms with Crippen LogP contribution in [0.5, 0.6) is 5.75 Å². The Morgan fingerprint density at radius 1 is 0.905 bits per heavy atom. The highest BCUT2D eigenvalue weighted by Gasteiger charge is 2.35. The van der Waals surface area contributed by atoms with Crippen molar-refractivity contribution >= 4 is 27.5 Å². The number of sulfonamides is 1. The number of nitrogens with one attached hydrogen (secondary N) is 1. The van der Waals surface area contributed by atoms with E-state index in [1.165, 1.54) is 4.90 Å². The molecule has 2 amide bonds. The molecule has 3 aromatic carbocycles. The van der Waals surface area contributed by atoms with Crippen LogP contribution in [0.2, 0.25) is 0 Å². The van der Waals surface area contributed by atoms with Crippen LogP contribution in [0.1, 0.15) is 56.4 Å². The monoisotopic (exact) mass is 593 g/mol. The first-order valence-electron chi connectivity index (χ1n) is 14.1. The number of carbonyl (C=O) groups excluding carboxylic acids is 2. The molecule has 0 aromatic heterocycles. The highest BCUT2D eigenvalue weighted by Crippen LogP contribution is 2.29. The van der Waals surface area contributed by atoms with E-state index in [2.05, 4.69) is 5.32 Å². The maximum Gasteiger partial charge on any atom is 0.264 e. The van der Waals surface area contributed by atoms with Crippen molar-refractivity contribution in [2.45, 2.75) is 77.9 Å². The van der Waals surface area contributed by atoms with Gasteiger partial charge in [-0.2, -0.15) is 0 Å². The summed E-state index contributed by atoms with van der Waals surface area (Å²) in [6.07, 6.45) is 0.345. The summed E-state index contributed by atoms with van der Waals surface area (Å²) in [7, 11) is -2.56. The Morgan fingerprint density at radius 3 is 2.02 bits per heavy atom. The molecule has 0 aliphatic carbocycles. The Hall–Kier alpha value is -3.85. The van der Waals surface area contributed by atoms with E-state index in [0.29, 0.717) is 17.9 Å². The van der Waals surface area contributed by atoms with E-state index in [0.717, 1.165) is 26.6 Å². The van der Waals surface area contributed by atoms with Crippen LogP contribution >= 0.6 is 0 Å². The van der Waals surface area contributed by atoms with Gasteiger partial charge in [-0.15, -0.1) is 0 Å². The summed E-state index contributed by atoms with van der Waals surface area (Å²) in [5.41, 5.74) is 3.29. The molecular formula is C33H43N3O5S. The summed E-state index contributed by atoms with van der Waals surface area (Å²) in [5, 5.41) is 2.99. The standard InChI is InChI=1S/C33H43N3O5S/c1-9-29(32(38)34-33(5,6)7)35(21-26-13-15-27(41-8)16-14-26)31(37)22-36(30-19-12-24(3)20-25(30)4)42(39,40)28-17-10-23(2)11-18-28/h10-20,29H,9,21-22H2,1-8H3,(H,34,38)/t29-/m1/s1. The first kappa shape index (κ1) is 32.7. The number of hydrogen-bond donors (Lipinski definition) is 1. The molecule has 0 bridgehead atoms. The van der Waals surface area contributed by atoms with E-state index >= 15 is 0 Å². The number of benzene rings is 3. The van der Waals surface area contributed by atoms with Crippen molar-refractivity contribution in [3.63, 3.8) is 0 Å². The lowest BCUT2D eigenvalue weighted by Crippen LogP contribution is -2.55. The molecule has 42 heavy (non-hydrogen) atoms. The van der Waals surface area contributed by atoms with Crippen LogP contribution < -0.4 is 14.4 Å². The van der Waals surface area contributed by atoms with Crippen molar-refractivity contribution < 1.29 is 22.7 Å². The van der Waals surface area contributed by atoms with E-state index in [1.54, 1.807) is 49.6 Å². The lowest BCUT2D eigenvalue weighted by atomic mass is 10.1. The average molecular weight is 594 g/mol. The minimum atomic E-state index is -4.13. The van der Waals surface area contributed by atoms with Gasteiger partial charge in [0, 0.05) is 12.1 Å². The quantitative estimate of drug-likeness (QED) is 0.315. The van der Waals surface area contributed by atoms with Gasteiger partial charge < -0.3 is 15.0 Å². The number of methoxy groups -OCH3 is 1. The van der Waals surface area contributed by atoms with Gasteiger partial charge in [-0.25, -0.2) is 8.42 Å². The van der Waals surface area contributed by atoms with E-state index < -0.39 is 34.1 Å². The van der Waals surface area contributed by atoms with E-state index in [9.17, 15) is 18.0 Å². The second-order valence-corrected chi connectivity index (χ2v) is 13.5. The third-order valence-corrected chi connectivity index (χ3v) is 8.68. The van der Waals surface area contributed by atoms with Crippen LogP contribution in [0.3, 0.4) is 0 Å². The zero-order chi connectivity index (χ0) is 31.2. The maximum absolute atomic E-state index is 14.3. The van der Waals surface area contributed by atoms with Gasteiger partial charge in [0.1, 0.15) is 18.3 Å². The SMILES string of the molecule is CC[C@H](C(=O)NC(C)(C)C)N(Cc1ccc(OC)cc1)C(=O)CN(c1ccc(C)cc1C)S(=O)(=O)c1ccc(C)cc1. The fourth-order valence-corrected chi connectivity index (χ4v) is 6.21. The number of carbonyl (C=O) groups is 2. The topological polar surface area (TPSA) is 96.0 Å². The first-order chi connectivity index (χ1) is 19.7. The molecule has 0 aliphatic rings. The second-order valence-electron chi connectivity index (χ2n) is 11.6. The third kappa shape index (κ3) is 8.12. The lowest BCUT2D eigenvalue weighted by Gasteiger charge is -2.35. The Kier molecular flexibility index (Phi) is 10.4. The van der Waals surface area contributed by atoms with Crippen molar-refractivity contribution in [3.8, 4) is 5.75 Å². The summed E-state index contributed by atoms with van der Waals surface area (Å²) in [4.78, 5) is 29.3. The molecule has 3 aromatic rings. The van der Waals surface area contributed by atoms with Gasteiger partial charge in [0.2, 0.25) is 11.8 Å². The molecule has 0 saturated carbocycles. The highest BCUT2D eigenvalue weighted by molar-refractivity contribution is 7.92. The molecule has 8 nitrogen and oxygen atoms in total. The number of ether oxygens (including phenoxy) is 1. The summed E-state index contributed by atoms with van der Waals surface area (Å²) in [6, 6.07) is 18.4. The Labute approximate surface area is 250 Å². The molecule has 0 unspecified atom stereocenters. The average Bonchev–Trinajstić information content (AvgIpc) is 2.91. The molecule has 0 spiro atoms. The van der Waals surface area contributed by atoms with Gasteiger partial charge in [0.15, 0.2) is 0 Å². The highest BCUT2D eigenvalue weighted by atomic mass is 32.2. The Bertz CT molecular complexity index is 1490. The predicted molar refractivity (Wildman–Crippen MR) is 167 cm³/mol. The third-order valence-electron chi connectivity index (χ3n) is 6.90. The molecule has 1 atom stereocenters. The fraction of sp³-hybridized carbons (Fsp3) is 0.394. The minimum absolute atomic E-state index is 0.0834. The molecular weight excluding hydrogens is 550 g/mol. The van der Waals surface area contributed by atoms with Crippen molar-refractivity contribution in [2.24, 2.45) is 0 Å². The van der Waals surface area contributed by atoms with Crippen molar-refractivity contribution in [3.05, 3.63) is 89.0 Å². The number of nitrogens with zero attached hydrogens (tertiary/aromatic N) is 2. The minimum Gasteiger partial charge on any atom is -0.497 e. The smallest absolute Gasteiger partial charge is 0.264 e. The van der Waals surface area contributed by atoms with Gasteiger partial charge in [-0.05, 0) is 89.4 Å². The molecule has 0 saturated heterocycles. The number of amides is 2. The lowest BCUT2D eigenvalue weighted by molar-refractivity contribution is -0.141. The van der Waals surface area contributed by atoms with Crippen LogP contribution in [0.4, 0.5) is 5.69 Å². The van der Waals surface area contributed by atoms with Gasteiger partial charge in [0.05, 0.1) is 17.7 Å². The zero-order valence-corrected chi connectivity index (χ0v) is 26.7. The maximum atomic E-state index is 14.3. The van der Waals surface area contributed by atoms with Gasteiger partial charge in [-0.1, -0.05) is 54.4 Å². The van der Waals surface area contributed by atoms with Crippen LogP contribution in [0.25, 0.3) is 0 Å². The molecule has 9 heteroatoms. The van der Waals surface area contributed by atoms with E-state index in [1.807, 2.05) is 72.7 Å². The molecule has 0 radical (unpaired) electrons. The van der Waals surface area contributed by atoms with Gasteiger partial charge in [-0.3, -0.25) is 13.9 Å². The van der Waals surface area contributed by atoms with Crippen LogP contribution in [-0.2, 0) is 26.2 Å². The summed E-state index contributed by atoms with van der Waals surface area (Å²) in [6.45, 7) is 12.7. The summed E-state index contributed by atoms with van der Waals surface area (Å²) >= 11 is 0. The van der Waals surface area contributed by atoms with Crippen LogP contribution in [0.15, 0.2) is 71.6 Å². The number of hydrogen-bond acceptors (Lipinski definition) is 5. The van der Waals surface area contributed by atoms with Gasteiger partial charge >= 0.3 is 0 Å². The number of rotatable bonds is 11. The molecule has 0 heterocycles. The van der Waals surface area contributed by atoms with Crippen LogP contribution in [-0.4, -0.2) is 50.4 Å². The number of aryl methyl sites for hydroxylation is 3. The van der Waals surface area contributed by atoms with Crippen LogP contribution in [0, 0.1) is 20.8 Å². The Morgan fingerprint density at radius 2 is 1.50 bits per heavy atom. The van der Waals surface area contributed by atoms with E-state index in [-0.39, 0.29) is 17.3 Å². The summed E-state index contributed by atoms with van der Waals surface area (Å²) in [5.74, 6) is -0.122.